The van der Waals surface area contributed by atoms with Gasteiger partial charge < -0.3 is 5.11 Å². The van der Waals surface area contributed by atoms with Crippen molar-refractivity contribution in [3.63, 3.8) is 0 Å². The Labute approximate surface area is 98.0 Å². The molecular formula is C12H13N3O2. The minimum Gasteiger partial charge on any atom is -0.478 e. The van der Waals surface area contributed by atoms with E-state index >= 15 is 0 Å². The van der Waals surface area contributed by atoms with Crippen LogP contribution < -0.4 is 0 Å². The summed E-state index contributed by atoms with van der Waals surface area (Å²) in [6, 6.07) is 5.42. The summed E-state index contributed by atoms with van der Waals surface area (Å²) in [5, 5.41) is 17.1. The highest BCUT2D eigenvalue weighted by molar-refractivity contribution is 5.92. The van der Waals surface area contributed by atoms with E-state index in [0.29, 0.717) is 11.6 Å². The summed E-state index contributed by atoms with van der Waals surface area (Å²) in [5.41, 5.74) is 1.86. The molecule has 3 rings (SSSR count). The second-order valence-corrected chi connectivity index (χ2v) is 4.48. The largest absolute Gasteiger partial charge is 0.478 e. The van der Waals surface area contributed by atoms with E-state index in [2.05, 4.69) is 10.3 Å². The molecule has 0 spiro atoms. The topological polar surface area (TPSA) is 68.0 Å². The maximum atomic E-state index is 10.9. The molecule has 0 amide bonds. The second kappa shape index (κ2) is 3.84. The highest BCUT2D eigenvalue weighted by atomic mass is 16.4. The lowest BCUT2D eigenvalue weighted by Gasteiger charge is -2.09. The van der Waals surface area contributed by atoms with Crippen LogP contribution in [0.15, 0.2) is 18.2 Å². The number of benzene rings is 1. The Kier molecular flexibility index (Phi) is 2.31. The van der Waals surface area contributed by atoms with Gasteiger partial charge in [0.05, 0.1) is 17.1 Å². The number of hydrogen-bond acceptors (Lipinski definition) is 3. The first kappa shape index (κ1) is 10.3. The fourth-order valence-corrected chi connectivity index (χ4v) is 2.49. The van der Waals surface area contributed by atoms with E-state index in [4.69, 9.17) is 5.11 Å². The molecule has 0 bridgehead atoms. The highest BCUT2D eigenvalue weighted by Crippen LogP contribution is 2.31. The third-order valence-corrected chi connectivity index (χ3v) is 3.39. The van der Waals surface area contributed by atoms with Gasteiger partial charge in [-0.3, -0.25) is 0 Å². The fourth-order valence-electron chi connectivity index (χ4n) is 2.49. The summed E-state index contributed by atoms with van der Waals surface area (Å²) in [5.74, 6) is -0.928. The summed E-state index contributed by atoms with van der Waals surface area (Å²) < 4.78 is 1.94. The van der Waals surface area contributed by atoms with Crippen LogP contribution in [-0.4, -0.2) is 26.1 Å². The predicted octanol–water partition coefficient (Wildman–Crippen LogP) is 2.24. The molecule has 1 saturated carbocycles. The van der Waals surface area contributed by atoms with E-state index in [1.165, 1.54) is 12.8 Å². The van der Waals surface area contributed by atoms with Crippen LogP contribution in [0.4, 0.5) is 0 Å². The van der Waals surface area contributed by atoms with E-state index in [-0.39, 0.29) is 5.56 Å². The quantitative estimate of drug-likeness (QED) is 0.860. The minimum absolute atomic E-state index is 0.260. The lowest BCUT2D eigenvalue weighted by molar-refractivity contribution is 0.0697. The SMILES string of the molecule is O=C(O)c1ccc2c(c1)nnn2C1CCCC1. The Morgan fingerprint density at radius 3 is 2.82 bits per heavy atom. The molecular weight excluding hydrogens is 218 g/mol. The normalized spacial score (nSPS) is 16.7. The van der Waals surface area contributed by atoms with Crippen molar-refractivity contribution in [1.82, 2.24) is 15.0 Å². The van der Waals surface area contributed by atoms with Crippen LogP contribution in [0.3, 0.4) is 0 Å². The molecule has 1 fully saturated rings. The zero-order valence-corrected chi connectivity index (χ0v) is 9.33. The first-order chi connectivity index (χ1) is 8.25. The molecule has 1 aliphatic carbocycles. The molecule has 1 heterocycles. The fraction of sp³-hybridized carbons (Fsp3) is 0.417. The monoisotopic (exact) mass is 231 g/mol. The van der Waals surface area contributed by atoms with Gasteiger partial charge in [-0.25, -0.2) is 9.48 Å². The van der Waals surface area contributed by atoms with Gasteiger partial charge in [0.1, 0.15) is 5.52 Å². The van der Waals surface area contributed by atoms with Gasteiger partial charge in [0.25, 0.3) is 0 Å². The molecule has 17 heavy (non-hydrogen) atoms. The molecule has 0 saturated heterocycles. The Hall–Kier alpha value is -1.91. The summed E-state index contributed by atoms with van der Waals surface area (Å²) in [4.78, 5) is 10.9. The van der Waals surface area contributed by atoms with Gasteiger partial charge in [0.15, 0.2) is 0 Å². The van der Waals surface area contributed by atoms with Crippen molar-refractivity contribution in [3.8, 4) is 0 Å². The first-order valence-corrected chi connectivity index (χ1v) is 5.84. The van der Waals surface area contributed by atoms with Crippen molar-refractivity contribution < 1.29 is 9.90 Å². The van der Waals surface area contributed by atoms with Crippen LogP contribution >= 0.6 is 0 Å². The number of carboxylic acid groups (broad SMARTS) is 1. The van der Waals surface area contributed by atoms with Gasteiger partial charge in [0, 0.05) is 0 Å². The molecule has 0 aliphatic heterocycles. The standard InChI is InChI=1S/C12H13N3O2/c16-12(17)8-5-6-11-10(7-8)13-14-15(11)9-3-1-2-4-9/h5-7,9H,1-4H2,(H,16,17). The number of hydrogen-bond donors (Lipinski definition) is 1. The minimum atomic E-state index is -0.928. The number of fused-ring (bicyclic) bond motifs is 1. The van der Waals surface area contributed by atoms with Gasteiger partial charge in [-0.05, 0) is 31.0 Å². The van der Waals surface area contributed by atoms with Crippen LogP contribution in [0.25, 0.3) is 11.0 Å². The van der Waals surface area contributed by atoms with Gasteiger partial charge >= 0.3 is 5.97 Å². The lowest BCUT2D eigenvalue weighted by Crippen LogP contribution is -2.06. The van der Waals surface area contributed by atoms with E-state index < -0.39 is 5.97 Å². The Morgan fingerprint density at radius 2 is 2.12 bits per heavy atom. The van der Waals surface area contributed by atoms with Crippen LogP contribution in [-0.2, 0) is 0 Å². The zero-order chi connectivity index (χ0) is 11.8. The molecule has 1 aromatic carbocycles. The molecule has 0 radical (unpaired) electrons. The predicted molar refractivity (Wildman–Crippen MR) is 62.0 cm³/mol. The number of carboxylic acids is 1. The molecule has 88 valence electrons. The first-order valence-electron chi connectivity index (χ1n) is 5.84. The number of nitrogens with zero attached hydrogens (tertiary/aromatic N) is 3. The number of rotatable bonds is 2. The van der Waals surface area contributed by atoms with Crippen molar-refractivity contribution in [1.29, 1.82) is 0 Å². The van der Waals surface area contributed by atoms with E-state index in [1.54, 1.807) is 18.2 Å². The van der Waals surface area contributed by atoms with Crippen LogP contribution in [0.5, 0.6) is 0 Å². The van der Waals surface area contributed by atoms with Gasteiger partial charge in [0.2, 0.25) is 0 Å². The summed E-state index contributed by atoms with van der Waals surface area (Å²) >= 11 is 0. The molecule has 5 heteroatoms. The maximum absolute atomic E-state index is 10.9. The van der Waals surface area contributed by atoms with Gasteiger partial charge in [-0.15, -0.1) is 5.10 Å². The molecule has 0 atom stereocenters. The van der Waals surface area contributed by atoms with Crippen LogP contribution in [0, 0.1) is 0 Å². The third-order valence-electron chi connectivity index (χ3n) is 3.39. The van der Waals surface area contributed by atoms with E-state index in [9.17, 15) is 4.79 Å². The zero-order valence-electron chi connectivity index (χ0n) is 9.33. The molecule has 1 N–H and O–H groups in total. The lowest BCUT2D eigenvalue weighted by atomic mass is 10.2. The summed E-state index contributed by atoms with van der Waals surface area (Å²) in [6.45, 7) is 0. The molecule has 0 unspecified atom stereocenters. The smallest absolute Gasteiger partial charge is 0.335 e. The van der Waals surface area contributed by atoms with E-state index in [0.717, 1.165) is 18.4 Å². The molecule has 1 aromatic heterocycles. The molecule has 5 nitrogen and oxygen atoms in total. The van der Waals surface area contributed by atoms with Crippen LogP contribution in [0.1, 0.15) is 42.1 Å². The van der Waals surface area contributed by atoms with Crippen molar-refractivity contribution in [2.75, 3.05) is 0 Å². The Morgan fingerprint density at radius 1 is 1.35 bits per heavy atom. The Balaban J connectivity index is 2.07. The average Bonchev–Trinajstić information content (AvgIpc) is 2.96. The maximum Gasteiger partial charge on any atom is 0.335 e. The number of aromatic carboxylic acids is 1. The third kappa shape index (κ3) is 1.67. The molecule has 2 aromatic rings. The van der Waals surface area contributed by atoms with Gasteiger partial charge in [-0.2, -0.15) is 0 Å². The number of carbonyl (C=O) groups is 1. The Bertz CT molecular complexity index is 570. The van der Waals surface area contributed by atoms with Crippen molar-refractivity contribution in [2.24, 2.45) is 0 Å². The summed E-state index contributed by atoms with van der Waals surface area (Å²) in [6.07, 6.45) is 4.75. The van der Waals surface area contributed by atoms with Crippen molar-refractivity contribution in [3.05, 3.63) is 23.8 Å². The molecule has 1 aliphatic rings. The van der Waals surface area contributed by atoms with Crippen molar-refractivity contribution >= 4 is 17.0 Å². The number of aromatic nitrogens is 3. The van der Waals surface area contributed by atoms with E-state index in [1.807, 2.05) is 4.68 Å². The highest BCUT2D eigenvalue weighted by Gasteiger charge is 2.20. The second-order valence-electron chi connectivity index (χ2n) is 4.48. The van der Waals surface area contributed by atoms with Crippen molar-refractivity contribution in [2.45, 2.75) is 31.7 Å². The van der Waals surface area contributed by atoms with Gasteiger partial charge in [-0.1, -0.05) is 18.1 Å². The summed E-state index contributed by atoms with van der Waals surface area (Å²) in [7, 11) is 0. The average molecular weight is 231 g/mol. The van der Waals surface area contributed by atoms with Crippen LogP contribution in [0.2, 0.25) is 0 Å².